The molecule has 2 aromatic carbocycles. The molecule has 0 radical (unpaired) electrons. The maximum atomic E-state index is 12.7. The Kier molecular flexibility index (Phi) is 6.77. The van der Waals surface area contributed by atoms with Crippen molar-refractivity contribution in [2.24, 2.45) is 0 Å². The number of nitrogens with zero attached hydrogens (tertiary/aromatic N) is 1. The van der Waals surface area contributed by atoms with Crippen LogP contribution in [0.25, 0.3) is 21.8 Å². The molecule has 0 fully saturated rings. The third-order valence-corrected chi connectivity index (χ3v) is 4.34. The number of carbonyl (C=O) groups excluding carboxylic acids is 1. The summed E-state index contributed by atoms with van der Waals surface area (Å²) in [6.07, 6.45) is 0. The molecule has 3 aromatic rings. The summed E-state index contributed by atoms with van der Waals surface area (Å²) < 4.78 is 1.92. The van der Waals surface area contributed by atoms with Gasteiger partial charge in [-0.05, 0) is 37.7 Å². The van der Waals surface area contributed by atoms with Crippen molar-refractivity contribution in [2.45, 2.75) is 26.4 Å². The molecule has 0 aliphatic rings. The maximum absolute atomic E-state index is 12.7. The Hall–Kier alpha value is -2.37. The fourth-order valence-corrected chi connectivity index (χ4v) is 3.13. The average molecular weight is 374 g/mol. The quantitative estimate of drug-likeness (QED) is 0.653. The molecule has 5 nitrogen and oxygen atoms in total. The van der Waals surface area contributed by atoms with Crippen LogP contribution >= 0.6 is 12.4 Å². The van der Waals surface area contributed by atoms with Gasteiger partial charge >= 0.3 is 0 Å². The van der Waals surface area contributed by atoms with Crippen LogP contribution in [-0.4, -0.2) is 29.6 Å². The monoisotopic (exact) mass is 373 g/mol. The second-order valence-electron chi connectivity index (χ2n) is 6.21. The van der Waals surface area contributed by atoms with E-state index in [4.69, 9.17) is 0 Å². The Labute approximate surface area is 158 Å². The van der Waals surface area contributed by atoms with E-state index >= 15 is 0 Å². The highest BCUT2D eigenvalue weighted by Gasteiger charge is 2.13. The number of hydrogen-bond donors (Lipinski definition) is 2. The molecule has 0 unspecified atom stereocenters. The molecule has 0 aliphatic carbocycles. The Morgan fingerprint density at radius 2 is 1.58 bits per heavy atom. The van der Waals surface area contributed by atoms with Crippen LogP contribution in [0.1, 0.15) is 13.8 Å². The van der Waals surface area contributed by atoms with Crippen molar-refractivity contribution in [3.63, 3.8) is 0 Å². The number of likely N-dealkylation sites (N-methyl/N-ethyl adjacent to an activating group) is 1. The first-order chi connectivity index (χ1) is 12.1. The summed E-state index contributed by atoms with van der Waals surface area (Å²) in [5, 5.41) is 7.50. The molecule has 0 saturated carbocycles. The Balaban J connectivity index is 0.00000243. The van der Waals surface area contributed by atoms with Crippen LogP contribution in [0.5, 0.6) is 0 Å². The molecule has 6 heteroatoms. The minimum Gasteiger partial charge on any atom is -0.353 e. The number of hydrogen-bond acceptors (Lipinski definition) is 3. The largest absolute Gasteiger partial charge is 0.353 e. The molecular weight excluding hydrogens is 350 g/mol. The lowest BCUT2D eigenvalue weighted by Crippen LogP contribution is -2.40. The van der Waals surface area contributed by atoms with E-state index in [1.165, 1.54) is 0 Å². The van der Waals surface area contributed by atoms with E-state index in [9.17, 15) is 9.59 Å². The number of rotatable bonds is 6. The molecule has 138 valence electrons. The van der Waals surface area contributed by atoms with Gasteiger partial charge in [0.05, 0.1) is 11.0 Å². The first-order valence-corrected chi connectivity index (χ1v) is 8.62. The van der Waals surface area contributed by atoms with Crippen LogP contribution in [-0.2, 0) is 11.3 Å². The summed E-state index contributed by atoms with van der Waals surface area (Å²) in [6.45, 7) is 5.69. The summed E-state index contributed by atoms with van der Waals surface area (Å²) >= 11 is 0. The number of fused-ring (bicyclic) bond motifs is 2. The van der Waals surface area contributed by atoms with E-state index in [0.29, 0.717) is 17.3 Å². The number of benzene rings is 2. The number of halogens is 1. The average Bonchev–Trinajstić information content (AvgIpc) is 2.64. The topological polar surface area (TPSA) is 63.1 Å². The summed E-state index contributed by atoms with van der Waals surface area (Å²) in [7, 11) is 0. The fraction of sp³-hybridized carbons (Fsp3) is 0.300. The molecule has 3 rings (SSSR count). The van der Waals surface area contributed by atoms with Gasteiger partial charge < -0.3 is 15.2 Å². The summed E-state index contributed by atoms with van der Waals surface area (Å²) in [4.78, 5) is 25.1. The molecule has 0 bridgehead atoms. The zero-order chi connectivity index (χ0) is 17.8. The molecule has 1 heterocycles. The molecule has 26 heavy (non-hydrogen) atoms. The second kappa shape index (κ2) is 8.83. The van der Waals surface area contributed by atoms with Crippen LogP contribution in [0.2, 0.25) is 0 Å². The van der Waals surface area contributed by atoms with Crippen molar-refractivity contribution in [2.75, 3.05) is 13.1 Å². The smallest absolute Gasteiger partial charge is 0.240 e. The lowest BCUT2D eigenvalue weighted by Gasteiger charge is -2.17. The highest BCUT2D eigenvalue weighted by Crippen LogP contribution is 2.18. The lowest BCUT2D eigenvalue weighted by atomic mass is 10.1. The minimum absolute atomic E-state index is 0. The van der Waals surface area contributed by atoms with Gasteiger partial charge in [-0.3, -0.25) is 9.59 Å². The van der Waals surface area contributed by atoms with E-state index in [0.717, 1.165) is 17.6 Å². The molecule has 0 saturated heterocycles. The highest BCUT2D eigenvalue weighted by atomic mass is 35.5. The van der Waals surface area contributed by atoms with E-state index in [1.807, 2.05) is 66.9 Å². The molecule has 1 amide bonds. The van der Waals surface area contributed by atoms with Crippen molar-refractivity contribution in [3.05, 3.63) is 58.8 Å². The van der Waals surface area contributed by atoms with Gasteiger partial charge in [0, 0.05) is 23.4 Å². The first kappa shape index (κ1) is 19.9. The fourth-order valence-electron chi connectivity index (χ4n) is 3.13. The van der Waals surface area contributed by atoms with Gasteiger partial charge in [-0.15, -0.1) is 12.4 Å². The van der Waals surface area contributed by atoms with E-state index in [-0.39, 0.29) is 36.3 Å². The Bertz CT molecular complexity index is 908. The van der Waals surface area contributed by atoms with E-state index in [2.05, 4.69) is 10.6 Å². The van der Waals surface area contributed by atoms with Gasteiger partial charge in [0.2, 0.25) is 5.91 Å². The van der Waals surface area contributed by atoms with Crippen molar-refractivity contribution in [1.82, 2.24) is 15.2 Å². The van der Waals surface area contributed by atoms with Gasteiger partial charge in [0.15, 0.2) is 5.43 Å². The number of para-hydroxylation sites is 2. The van der Waals surface area contributed by atoms with Crippen LogP contribution < -0.4 is 16.1 Å². The maximum Gasteiger partial charge on any atom is 0.240 e. The highest BCUT2D eigenvalue weighted by molar-refractivity contribution is 5.94. The molecule has 1 aromatic heterocycles. The van der Waals surface area contributed by atoms with Crippen LogP contribution in [0.4, 0.5) is 0 Å². The first-order valence-electron chi connectivity index (χ1n) is 8.62. The number of pyridine rings is 1. The van der Waals surface area contributed by atoms with Gasteiger partial charge in [0.25, 0.3) is 0 Å². The zero-order valence-electron chi connectivity index (χ0n) is 15.0. The number of aromatic nitrogens is 1. The normalized spacial score (nSPS) is 11.9. The Morgan fingerprint density at radius 3 is 2.12 bits per heavy atom. The van der Waals surface area contributed by atoms with Crippen molar-refractivity contribution in [3.8, 4) is 0 Å². The lowest BCUT2D eigenvalue weighted by molar-refractivity contribution is -0.121. The second-order valence-corrected chi connectivity index (χ2v) is 6.21. The SMILES string of the molecule is CCN[C@H](C)CNC(=O)Cn1c2ccccc2c(=O)c2ccccc21.Cl. The third kappa shape index (κ3) is 4.06. The molecule has 0 aliphatic heterocycles. The summed E-state index contributed by atoms with van der Waals surface area (Å²) in [6, 6.07) is 15.1. The van der Waals surface area contributed by atoms with Crippen LogP contribution in [0.3, 0.4) is 0 Å². The summed E-state index contributed by atoms with van der Waals surface area (Å²) in [5.41, 5.74) is 1.56. The van der Waals surface area contributed by atoms with Crippen molar-refractivity contribution < 1.29 is 4.79 Å². The number of nitrogens with one attached hydrogen (secondary N) is 2. The van der Waals surface area contributed by atoms with Gasteiger partial charge in [-0.1, -0.05) is 31.2 Å². The van der Waals surface area contributed by atoms with Gasteiger partial charge in [-0.2, -0.15) is 0 Å². The van der Waals surface area contributed by atoms with Crippen LogP contribution in [0.15, 0.2) is 53.3 Å². The third-order valence-electron chi connectivity index (χ3n) is 4.34. The zero-order valence-corrected chi connectivity index (χ0v) is 15.8. The van der Waals surface area contributed by atoms with Gasteiger partial charge in [0.1, 0.15) is 6.54 Å². The van der Waals surface area contributed by atoms with E-state index < -0.39 is 0 Å². The predicted molar refractivity (Wildman–Crippen MR) is 109 cm³/mol. The Morgan fingerprint density at radius 1 is 1.04 bits per heavy atom. The molecule has 2 N–H and O–H groups in total. The number of amides is 1. The molecule has 0 spiro atoms. The molecular formula is C20H24ClN3O2. The van der Waals surface area contributed by atoms with Gasteiger partial charge in [-0.25, -0.2) is 0 Å². The van der Waals surface area contributed by atoms with Crippen molar-refractivity contribution in [1.29, 1.82) is 0 Å². The molecule has 1 atom stereocenters. The standard InChI is InChI=1S/C20H23N3O2.ClH/c1-3-21-14(2)12-22-19(24)13-23-17-10-6-4-8-15(17)20(25)16-9-5-7-11-18(16)23;/h4-11,14,21H,3,12-13H2,1-2H3,(H,22,24);1H/t14-;/m1./s1. The summed E-state index contributed by atoms with van der Waals surface area (Å²) in [5.74, 6) is -0.0660. The van der Waals surface area contributed by atoms with E-state index in [1.54, 1.807) is 0 Å². The van der Waals surface area contributed by atoms with Crippen molar-refractivity contribution >= 4 is 40.1 Å². The van der Waals surface area contributed by atoms with Crippen LogP contribution in [0, 0.1) is 0 Å². The minimum atomic E-state index is -0.0660. The predicted octanol–water partition coefficient (Wildman–Crippen LogP) is 2.69. The number of carbonyl (C=O) groups is 1.